The Morgan fingerprint density at radius 3 is 2.38 bits per heavy atom. The van der Waals surface area contributed by atoms with E-state index in [2.05, 4.69) is 18.7 Å². The molecule has 0 aromatic rings. The molecular weight excluding hydrogens is 96.1 g/mol. The van der Waals surface area contributed by atoms with Crippen LogP contribution in [0.2, 0.25) is 0 Å². The van der Waals surface area contributed by atoms with E-state index in [1.54, 1.807) is 0 Å². The van der Waals surface area contributed by atoms with Crippen molar-refractivity contribution in [3.05, 3.63) is 35.5 Å². The van der Waals surface area contributed by atoms with Crippen LogP contribution in [0.1, 0.15) is 12.8 Å². The molecule has 2 rings (SSSR count). The molecule has 0 aromatic heterocycles. The maximum absolute atomic E-state index is 3.92. The number of fused-ring (bicyclic) bond motifs is 1. The van der Waals surface area contributed by atoms with Gasteiger partial charge < -0.3 is 0 Å². The van der Waals surface area contributed by atoms with Crippen molar-refractivity contribution >= 4 is 0 Å². The maximum atomic E-state index is 3.92. The van der Waals surface area contributed by atoms with Crippen LogP contribution in [0.15, 0.2) is 35.5 Å². The van der Waals surface area contributed by atoms with E-state index < -0.39 is 0 Å². The van der Waals surface area contributed by atoms with Gasteiger partial charge in [0.15, 0.2) is 0 Å². The van der Waals surface area contributed by atoms with Crippen LogP contribution >= 0.6 is 0 Å². The average molecular weight is 104 g/mol. The smallest absolute Gasteiger partial charge is 0.00854 e. The number of allylic oxidation sites excluding steroid dienone is 5. The Labute approximate surface area is 49.2 Å². The predicted octanol–water partition coefficient (Wildman–Crippen LogP) is 2.20. The first-order valence-corrected chi connectivity index (χ1v) is 2.95. The molecule has 2 aliphatic carbocycles. The molecule has 0 nitrogen and oxygen atoms in total. The van der Waals surface area contributed by atoms with Gasteiger partial charge in [-0.15, -0.1) is 0 Å². The van der Waals surface area contributed by atoms with E-state index in [4.69, 9.17) is 0 Å². The van der Waals surface area contributed by atoms with Crippen molar-refractivity contribution in [1.29, 1.82) is 0 Å². The Kier molecular flexibility index (Phi) is 0.587. The first-order valence-electron chi connectivity index (χ1n) is 2.95. The second-order valence-electron chi connectivity index (χ2n) is 2.36. The molecule has 0 fully saturated rings. The largest absolute Gasteiger partial charge is 0.0949 e. The Morgan fingerprint density at radius 2 is 2.12 bits per heavy atom. The van der Waals surface area contributed by atoms with Crippen molar-refractivity contribution in [3.8, 4) is 0 Å². The molecule has 0 heterocycles. The van der Waals surface area contributed by atoms with Crippen LogP contribution in [-0.4, -0.2) is 0 Å². The highest BCUT2D eigenvalue weighted by atomic mass is 14.2. The third-order valence-electron chi connectivity index (χ3n) is 1.85. The van der Waals surface area contributed by atoms with E-state index in [-0.39, 0.29) is 0 Å². The zero-order valence-electron chi connectivity index (χ0n) is 4.78. The molecule has 0 unspecified atom stereocenters. The zero-order valence-corrected chi connectivity index (χ0v) is 4.78. The van der Waals surface area contributed by atoms with Crippen LogP contribution in [0.25, 0.3) is 0 Å². The Hall–Kier alpha value is -0.780. The van der Waals surface area contributed by atoms with E-state index in [0.29, 0.717) is 0 Å². The van der Waals surface area contributed by atoms with Crippen LogP contribution in [0.3, 0.4) is 0 Å². The summed E-state index contributed by atoms with van der Waals surface area (Å²) in [6.07, 6.45) is 6.81. The van der Waals surface area contributed by atoms with E-state index in [1.807, 2.05) is 0 Å². The van der Waals surface area contributed by atoms with Crippen LogP contribution in [0.5, 0.6) is 0 Å². The van der Waals surface area contributed by atoms with Crippen LogP contribution < -0.4 is 0 Å². The van der Waals surface area contributed by atoms with E-state index >= 15 is 0 Å². The Bertz CT molecular complexity index is 204. The highest BCUT2D eigenvalue weighted by molar-refractivity contribution is 5.58. The predicted molar refractivity (Wildman–Crippen MR) is 34.5 cm³/mol. The second kappa shape index (κ2) is 1.13. The van der Waals surface area contributed by atoms with Crippen molar-refractivity contribution in [3.63, 3.8) is 0 Å². The fourth-order valence-electron chi connectivity index (χ4n) is 1.24. The minimum absolute atomic E-state index is 1.10. The molecule has 0 aliphatic heterocycles. The van der Waals surface area contributed by atoms with Gasteiger partial charge in [-0.1, -0.05) is 18.7 Å². The molecule has 0 radical (unpaired) electrons. The molecule has 0 amide bonds. The standard InChI is InChI=1S/C8H8/c1-6-2-3-7-4-5-8(6)7/h3,5H,1-2,4H2. The lowest BCUT2D eigenvalue weighted by atomic mass is 9.92. The summed E-state index contributed by atoms with van der Waals surface area (Å²) in [5.41, 5.74) is 4.27. The third-order valence-corrected chi connectivity index (χ3v) is 1.85. The average Bonchev–Trinajstić information content (AvgIpc) is 1.80. The lowest BCUT2D eigenvalue weighted by Crippen LogP contribution is -1.93. The van der Waals surface area contributed by atoms with Gasteiger partial charge in [-0.3, -0.25) is 0 Å². The second-order valence-corrected chi connectivity index (χ2v) is 2.36. The van der Waals surface area contributed by atoms with Gasteiger partial charge in [-0.05, 0) is 29.6 Å². The molecule has 8 heavy (non-hydrogen) atoms. The third kappa shape index (κ3) is 0.313. The van der Waals surface area contributed by atoms with Gasteiger partial charge >= 0.3 is 0 Å². The molecule has 0 saturated carbocycles. The quantitative estimate of drug-likeness (QED) is 0.442. The molecule has 0 saturated heterocycles. The summed E-state index contributed by atoms with van der Waals surface area (Å²) in [7, 11) is 0. The first-order chi connectivity index (χ1) is 3.88. The first kappa shape index (κ1) is 4.13. The van der Waals surface area contributed by atoms with Gasteiger partial charge in [-0.2, -0.15) is 0 Å². The molecule has 0 N–H and O–H groups in total. The molecule has 0 spiro atoms. The van der Waals surface area contributed by atoms with Crippen molar-refractivity contribution in [2.24, 2.45) is 0 Å². The lowest BCUT2D eigenvalue weighted by molar-refractivity contribution is 1.14. The van der Waals surface area contributed by atoms with Crippen LogP contribution in [0, 0.1) is 0 Å². The van der Waals surface area contributed by atoms with E-state index in [0.717, 1.165) is 6.42 Å². The van der Waals surface area contributed by atoms with Gasteiger partial charge in [0.2, 0.25) is 0 Å². The van der Waals surface area contributed by atoms with Crippen molar-refractivity contribution in [1.82, 2.24) is 0 Å². The van der Waals surface area contributed by atoms with Crippen LogP contribution in [-0.2, 0) is 0 Å². The summed E-state index contributed by atoms with van der Waals surface area (Å²) in [5, 5.41) is 0. The monoisotopic (exact) mass is 104 g/mol. The van der Waals surface area contributed by atoms with Gasteiger partial charge in [0.25, 0.3) is 0 Å². The van der Waals surface area contributed by atoms with Crippen molar-refractivity contribution < 1.29 is 0 Å². The van der Waals surface area contributed by atoms with Gasteiger partial charge in [-0.25, -0.2) is 0 Å². The Morgan fingerprint density at radius 1 is 1.25 bits per heavy atom. The fraction of sp³-hybridized carbons (Fsp3) is 0.250. The zero-order chi connectivity index (χ0) is 5.56. The summed E-state index contributed by atoms with van der Waals surface area (Å²) < 4.78 is 0. The molecule has 0 bridgehead atoms. The van der Waals surface area contributed by atoms with Gasteiger partial charge in [0.1, 0.15) is 0 Å². The number of hydrogen-bond donors (Lipinski definition) is 0. The molecule has 0 heteroatoms. The lowest BCUT2D eigenvalue weighted by Gasteiger charge is -2.12. The summed E-state index contributed by atoms with van der Waals surface area (Å²) >= 11 is 0. The van der Waals surface area contributed by atoms with Crippen molar-refractivity contribution in [2.75, 3.05) is 0 Å². The van der Waals surface area contributed by atoms with Gasteiger partial charge in [0, 0.05) is 0 Å². The molecule has 0 atom stereocenters. The SMILES string of the molecule is C=C1CC=C2CC=C12. The molecule has 40 valence electrons. The molecular formula is C8H8. The van der Waals surface area contributed by atoms with E-state index in [1.165, 1.54) is 23.1 Å². The normalized spacial score (nSPS) is 23.8. The van der Waals surface area contributed by atoms with Gasteiger partial charge in [0.05, 0.1) is 0 Å². The minimum atomic E-state index is 1.10. The van der Waals surface area contributed by atoms with E-state index in [9.17, 15) is 0 Å². The number of hydrogen-bond acceptors (Lipinski definition) is 0. The topological polar surface area (TPSA) is 0 Å². The maximum Gasteiger partial charge on any atom is -0.00854 e. The van der Waals surface area contributed by atoms with Crippen molar-refractivity contribution in [2.45, 2.75) is 12.8 Å². The molecule has 2 aliphatic rings. The summed E-state index contributed by atoms with van der Waals surface area (Å²) in [6.45, 7) is 3.92. The summed E-state index contributed by atoms with van der Waals surface area (Å²) in [6, 6.07) is 0. The minimum Gasteiger partial charge on any atom is -0.0949 e. The van der Waals surface area contributed by atoms with Crippen LogP contribution in [0.4, 0.5) is 0 Å². The Balaban J connectivity index is 2.51. The summed E-state index contributed by atoms with van der Waals surface area (Å²) in [5.74, 6) is 0. The highest BCUT2D eigenvalue weighted by Gasteiger charge is 2.19. The molecule has 0 aromatic carbocycles. The number of rotatable bonds is 0. The highest BCUT2D eigenvalue weighted by Crippen LogP contribution is 2.38. The fourth-order valence-corrected chi connectivity index (χ4v) is 1.24. The summed E-state index contributed by atoms with van der Waals surface area (Å²) in [4.78, 5) is 0.